The Kier molecular flexibility index (Phi) is 5.18. The number of carbonyl (C=O) groups excluding carboxylic acids is 1. The first-order valence-corrected chi connectivity index (χ1v) is 9.69. The Labute approximate surface area is 163 Å². The number of hydrazone groups is 1. The van der Waals surface area contributed by atoms with Gasteiger partial charge in [0.25, 0.3) is 5.91 Å². The van der Waals surface area contributed by atoms with Gasteiger partial charge in [0.05, 0.1) is 17.5 Å². The molecular weight excluding hydrogens is 356 g/mol. The largest absolute Gasteiger partial charge is 0.339 e. The van der Waals surface area contributed by atoms with Gasteiger partial charge < -0.3 is 14.8 Å². The predicted molar refractivity (Wildman–Crippen MR) is 106 cm³/mol. The lowest BCUT2D eigenvalue weighted by molar-refractivity contribution is 0.0606. The third-order valence-electron chi connectivity index (χ3n) is 5.38. The standard InChI is InChI=1S/C20H24N6O2/c1-13-6-7-15(18-23-19(28-25-18)14-8-9-14)12-26(13)20(27)16-4-2-3-5-17(16)24-22-11-10-21/h2-5,10-11,13-15,21,24H,6-9,12H2,1H3/b21-10?,22-11-/t13-,15-/m1/s1. The van der Waals surface area contributed by atoms with Crippen LogP contribution in [-0.2, 0) is 0 Å². The molecule has 146 valence electrons. The van der Waals surface area contributed by atoms with Gasteiger partial charge in [0.2, 0.25) is 5.89 Å². The van der Waals surface area contributed by atoms with Gasteiger partial charge in [-0.25, -0.2) is 0 Å². The lowest BCUT2D eigenvalue weighted by Crippen LogP contribution is -2.45. The molecule has 1 amide bonds. The lowest BCUT2D eigenvalue weighted by atomic mass is 9.92. The van der Waals surface area contributed by atoms with Gasteiger partial charge in [0.15, 0.2) is 5.82 Å². The number of aromatic nitrogens is 2. The van der Waals surface area contributed by atoms with Crippen molar-refractivity contribution in [2.24, 2.45) is 5.10 Å². The smallest absolute Gasteiger partial charge is 0.256 e. The summed E-state index contributed by atoms with van der Waals surface area (Å²) in [6.07, 6.45) is 6.49. The molecular formula is C20H24N6O2. The molecule has 1 aromatic heterocycles. The SMILES string of the molecule is C[C@@H]1CC[C@@H](c2noc(C3CC3)n2)CN1C(=O)c1ccccc1N/N=C\C=N. The molecule has 2 atom stereocenters. The van der Waals surface area contributed by atoms with Crippen molar-refractivity contribution >= 4 is 24.0 Å². The highest BCUT2D eigenvalue weighted by atomic mass is 16.5. The highest BCUT2D eigenvalue weighted by Crippen LogP contribution is 2.40. The number of piperidine rings is 1. The van der Waals surface area contributed by atoms with E-state index in [-0.39, 0.29) is 17.9 Å². The molecule has 8 nitrogen and oxygen atoms in total. The molecule has 1 aliphatic carbocycles. The molecule has 4 rings (SSSR count). The van der Waals surface area contributed by atoms with Crippen LogP contribution in [-0.4, -0.2) is 46.0 Å². The van der Waals surface area contributed by atoms with Crippen molar-refractivity contribution in [1.29, 1.82) is 5.41 Å². The zero-order valence-corrected chi connectivity index (χ0v) is 15.8. The topological polar surface area (TPSA) is 107 Å². The average molecular weight is 380 g/mol. The van der Waals surface area contributed by atoms with Gasteiger partial charge >= 0.3 is 0 Å². The molecule has 1 saturated heterocycles. The van der Waals surface area contributed by atoms with E-state index in [1.54, 1.807) is 6.07 Å². The molecule has 2 heterocycles. The van der Waals surface area contributed by atoms with E-state index >= 15 is 0 Å². The summed E-state index contributed by atoms with van der Waals surface area (Å²) >= 11 is 0. The molecule has 0 radical (unpaired) electrons. The number of hydrogen-bond donors (Lipinski definition) is 2. The minimum Gasteiger partial charge on any atom is -0.339 e. The van der Waals surface area contributed by atoms with Gasteiger partial charge in [-0.1, -0.05) is 17.3 Å². The Morgan fingerprint density at radius 2 is 2.07 bits per heavy atom. The normalized spacial score (nSPS) is 22.4. The maximum atomic E-state index is 13.3. The first-order valence-electron chi connectivity index (χ1n) is 9.69. The summed E-state index contributed by atoms with van der Waals surface area (Å²) in [5.41, 5.74) is 4.03. The Balaban J connectivity index is 1.52. The fourth-order valence-electron chi connectivity index (χ4n) is 3.58. The van der Waals surface area contributed by atoms with Gasteiger partial charge in [0.1, 0.15) is 0 Å². The third-order valence-corrected chi connectivity index (χ3v) is 5.38. The van der Waals surface area contributed by atoms with Crippen LogP contribution in [0.15, 0.2) is 33.9 Å². The van der Waals surface area contributed by atoms with Crippen molar-refractivity contribution < 1.29 is 9.32 Å². The maximum absolute atomic E-state index is 13.3. The first kappa shape index (κ1) is 18.3. The van der Waals surface area contributed by atoms with E-state index in [1.807, 2.05) is 23.1 Å². The second-order valence-electron chi connectivity index (χ2n) is 7.45. The molecule has 1 saturated carbocycles. The van der Waals surface area contributed by atoms with E-state index in [2.05, 4.69) is 27.6 Å². The number of hydrogen-bond acceptors (Lipinski definition) is 7. The molecule has 0 spiro atoms. The third kappa shape index (κ3) is 3.81. The molecule has 8 heteroatoms. The molecule has 1 aromatic carbocycles. The fourth-order valence-corrected chi connectivity index (χ4v) is 3.58. The number of para-hydroxylation sites is 1. The highest BCUT2D eigenvalue weighted by Gasteiger charge is 2.35. The number of benzene rings is 1. The average Bonchev–Trinajstić information content (AvgIpc) is 3.45. The Morgan fingerprint density at radius 3 is 2.86 bits per heavy atom. The van der Waals surface area contributed by atoms with Crippen LogP contribution in [0.3, 0.4) is 0 Å². The van der Waals surface area contributed by atoms with E-state index in [0.29, 0.717) is 29.5 Å². The van der Waals surface area contributed by atoms with E-state index in [9.17, 15) is 4.79 Å². The minimum atomic E-state index is -0.0451. The lowest BCUT2D eigenvalue weighted by Gasteiger charge is -2.37. The van der Waals surface area contributed by atoms with Crippen molar-refractivity contribution in [1.82, 2.24) is 15.0 Å². The number of nitrogens with one attached hydrogen (secondary N) is 2. The number of likely N-dealkylation sites (tertiary alicyclic amines) is 1. The summed E-state index contributed by atoms with van der Waals surface area (Å²) in [4.78, 5) is 19.8. The molecule has 2 N–H and O–H groups in total. The summed E-state index contributed by atoms with van der Waals surface area (Å²) in [6, 6.07) is 7.42. The van der Waals surface area contributed by atoms with Crippen molar-refractivity contribution in [3.63, 3.8) is 0 Å². The van der Waals surface area contributed by atoms with Crippen LogP contribution in [0.1, 0.15) is 66.5 Å². The minimum absolute atomic E-state index is 0.0451. The fraction of sp³-hybridized carbons (Fsp3) is 0.450. The summed E-state index contributed by atoms with van der Waals surface area (Å²) in [7, 11) is 0. The quantitative estimate of drug-likeness (QED) is 0.590. The van der Waals surface area contributed by atoms with Crippen LogP contribution >= 0.6 is 0 Å². The van der Waals surface area contributed by atoms with E-state index in [1.165, 1.54) is 6.21 Å². The van der Waals surface area contributed by atoms with Crippen LogP contribution in [0, 0.1) is 5.41 Å². The van der Waals surface area contributed by atoms with Gasteiger partial charge in [-0.2, -0.15) is 10.1 Å². The van der Waals surface area contributed by atoms with Crippen LogP contribution < -0.4 is 5.43 Å². The number of anilines is 1. The number of amides is 1. The predicted octanol–water partition coefficient (Wildman–Crippen LogP) is 3.40. The van der Waals surface area contributed by atoms with E-state index in [4.69, 9.17) is 9.93 Å². The van der Waals surface area contributed by atoms with Gasteiger partial charge in [-0.3, -0.25) is 10.2 Å². The number of rotatable bonds is 6. The van der Waals surface area contributed by atoms with E-state index in [0.717, 1.165) is 37.8 Å². The summed E-state index contributed by atoms with van der Waals surface area (Å²) in [5.74, 6) is 1.93. The Hall–Kier alpha value is -3.03. The summed E-state index contributed by atoms with van der Waals surface area (Å²) in [5, 5.41) is 15.1. The van der Waals surface area contributed by atoms with Gasteiger partial charge in [0, 0.05) is 30.6 Å². The number of nitrogens with zero attached hydrogens (tertiary/aromatic N) is 4. The first-order chi connectivity index (χ1) is 13.7. The monoisotopic (exact) mass is 380 g/mol. The van der Waals surface area contributed by atoms with Crippen molar-refractivity contribution in [2.75, 3.05) is 12.0 Å². The van der Waals surface area contributed by atoms with E-state index < -0.39 is 0 Å². The van der Waals surface area contributed by atoms with Crippen LogP contribution in [0.2, 0.25) is 0 Å². The summed E-state index contributed by atoms with van der Waals surface area (Å²) < 4.78 is 5.41. The zero-order valence-electron chi connectivity index (χ0n) is 15.8. The Morgan fingerprint density at radius 1 is 1.29 bits per heavy atom. The number of carbonyl (C=O) groups is 1. The van der Waals surface area contributed by atoms with Crippen LogP contribution in [0.4, 0.5) is 5.69 Å². The second-order valence-corrected chi connectivity index (χ2v) is 7.45. The molecule has 0 unspecified atom stereocenters. The molecule has 0 bridgehead atoms. The van der Waals surface area contributed by atoms with Crippen LogP contribution in [0.25, 0.3) is 0 Å². The zero-order chi connectivity index (χ0) is 19.5. The highest BCUT2D eigenvalue weighted by molar-refractivity contribution is 6.14. The molecule has 2 aromatic rings. The molecule has 2 aliphatic rings. The van der Waals surface area contributed by atoms with Crippen molar-refractivity contribution in [2.45, 2.75) is 50.5 Å². The van der Waals surface area contributed by atoms with Crippen molar-refractivity contribution in [3.05, 3.63) is 41.5 Å². The van der Waals surface area contributed by atoms with Gasteiger partial charge in [-0.05, 0) is 44.7 Å². The second kappa shape index (κ2) is 7.92. The van der Waals surface area contributed by atoms with Crippen molar-refractivity contribution in [3.8, 4) is 0 Å². The maximum Gasteiger partial charge on any atom is 0.256 e. The Bertz CT molecular complexity index is 888. The molecule has 1 aliphatic heterocycles. The van der Waals surface area contributed by atoms with Gasteiger partial charge in [-0.15, -0.1) is 0 Å². The molecule has 28 heavy (non-hydrogen) atoms. The molecule has 2 fully saturated rings. The summed E-state index contributed by atoms with van der Waals surface area (Å²) in [6.45, 7) is 2.64. The van der Waals surface area contributed by atoms with Crippen LogP contribution in [0.5, 0.6) is 0 Å².